The molecule has 0 saturated heterocycles. The Morgan fingerprint density at radius 1 is 1.24 bits per heavy atom. The summed E-state index contributed by atoms with van der Waals surface area (Å²) < 4.78 is 24.7. The number of aromatic amines is 1. The number of aromatic nitrogens is 2. The summed E-state index contributed by atoms with van der Waals surface area (Å²) in [6.07, 6.45) is 4.13. The first-order valence-corrected chi connectivity index (χ1v) is 7.49. The first-order chi connectivity index (χ1) is 8.01. The van der Waals surface area contributed by atoms with Gasteiger partial charge in [0.2, 0.25) is 9.84 Å². The fourth-order valence-corrected chi connectivity index (χ4v) is 4.13. The molecule has 1 aromatic heterocycles. The Balaban J connectivity index is 2.40. The summed E-state index contributed by atoms with van der Waals surface area (Å²) in [5.41, 5.74) is 0. The van der Waals surface area contributed by atoms with Gasteiger partial charge in [0, 0.05) is 6.07 Å². The summed E-state index contributed by atoms with van der Waals surface area (Å²) in [5, 5.41) is 1.66. The van der Waals surface area contributed by atoms with E-state index in [9.17, 15) is 13.3 Å². The van der Waals surface area contributed by atoms with Crippen LogP contribution in [0.25, 0.3) is 0 Å². The lowest BCUT2D eigenvalue weighted by Gasteiger charge is -2.18. The van der Waals surface area contributed by atoms with Crippen LogP contribution in [0.1, 0.15) is 32.1 Å². The van der Waals surface area contributed by atoms with Crippen molar-refractivity contribution in [2.45, 2.75) is 42.4 Å². The Kier molecular flexibility index (Phi) is 3.53. The molecule has 7 heteroatoms. The summed E-state index contributed by atoms with van der Waals surface area (Å²) >= 11 is 5.58. The van der Waals surface area contributed by atoms with E-state index in [1.165, 1.54) is 12.1 Å². The minimum Gasteiger partial charge on any atom is -0.217 e. The maximum Gasteiger partial charge on any atom is 0.382 e. The third kappa shape index (κ3) is 2.52. The number of rotatable bonds is 2. The zero-order valence-corrected chi connectivity index (χ0v) is 10.8. The van der Waals surface area contributed by atoms with Crippen molar-refractivity contribution < 1.29 is 13.0 Å². The predicted octanol–water partition coefficient (Wildman–Crippen LogP) is 1.69. The molecule has 0 aromatic carbocycles. The van der Waals surface area contributed by atoms with Crippen molar-refractivity contribution in [2.24, 2.45) is 0 Å². The van der Waals surface area contributed by atoms with Crippen molar-refractivity contribution in [1.82, 2.24) is 5.10 Å². The maximum atomic E-state index is 12.2. The Morgan fingerprint density at radius 2 is 1.88 bits per heavy atom. The summed E-state index contributed by atoms with van der Waals surface area (Å²) in [5.74, 6) is 0. The predicted molar refractivity (Wildman–Crippen MR) is 63.2 cm³/mol. The number of halogens is 1. The highest BCUT2D eigenvalue weighted by Crippen LogP contribution is 2.26. The van der Waals surface area contributed by atoms with E-state index in [0.717, 1.165) is 19.3 Å². The van der Waals surface area contributed by atoms with E-state index in [1.54, 1.807) is 0 Å². The van der Waals surface area contributed by atoms with Crippen LogP contribution in [0.4, 0.5) is 0 Å². The van der Waals surface area contributed by atoms with E-state index in [0.29, 0.717) is 12.8 Å². The molecule has 1 saturated carbocycles. The summed E-state index contributed by atoms with van der Waals surface area (Å²) in [6.45, 7) is 0. The molecule has 1 fully saturated rings. The first kappa shape index (κ1) is 12.6. The van der Waals surface area contributed by atoms with Gasteiger partial charge in [0.15, 0.2) is 9.70 Å². The van der Waals surface area contributed by atoms with Crippen LogP contribution in [-0.2, 0) is 9.84 Å². The average Bonchev–Trinajstić information content (AvgIpc) is 2.29. The number of sulfone groups is 1. The van der Waals surface area contributed by atoms with Crippen molar-refractivity contribution >= 4 is 21.4 Å². The standard InChI is InChI=1S/C10H14ClN2O3S/c11-9-6-7-10(13(14)12-9)17(15,16)8-4-2-1-3-5-8/h6-8H,1-5H2,(H,12,14)/q+1. The molecule has 94 valence electrons. The molecule has 0 bridgehead atoms. The van der Waals surface area contributed by atoms with E-state index < -0.39 is 15.1 Å². The van der Waals surface area contributed by atoms with Crippen LogP contribution in [0.2, 0.25) is 5.15 Å². The van der Waals surface area contributed by atoms with Crippen LogP contribution in [-0.4, -0.2) is 18.8 Å². The number of H-pyrrole nitrogens is 1. The van der Waals surface area contributed by atoms with E-state index in [4.69, 9.17) is 11.6 Å². The molecule has 0 unspecified atom stereocenters. The van der Waals surface area contributed by atoms with Crippen molar-refractivity contribution in [3.8, 4) is 0 Å². The molecular weight excluding hydrogens is 264 g/mol. The molecule has 0 atom stereocenters. The topological polar surface area (TPSA) is 72.9 Å². The van der Waals surface area contributed by atoms with Crippen molar-refractivity contribution in [3.63, 3.8) is 0 Å². The molecule has 1 heterocycles. The molecule has 2 rings (SSSR count). The zero-order valence-electron chi connectivity index (χ0n) is 9.23. The number of hydrogen-bond acceptors (Lipinski definition) is 3. The van der Waals surface area contributed by atoms with Gasteiger partial charge in [0.25, 0.3) is 0 Å². The van der Waals surface area contributed by atoms with Gasteiger partial charge in [0.05, 0.1) is 10.2 Å². The molecule has 1 N–H and O–H groups in total. The molecule has 1 aliphatic rings. The van der Waals surface area contributed by atoms with Gasteiger partial charge in [-0.3, -0.25) is 0 Å². The highest BCUT2D eigenvalue weighted by atomic mass is 35.5. The maximum absolute atomic E-state index is 12.2. The second kappa shape index (κ2) is 4.78. The summed E-state index contributed by atoms with van der Waals surface area (Å²) in [4.78, 5) is 11.5. The minimum absolute atomic E-state index is 0.114. The number of hydrogen-bond donors (Lipinski definition) is 1. The number of nitrogens with zero attached hydrogens (tertiary/aromatic N) is 1. The van der Waals surface area contributed by atoms with Crippen LogP contribution in [0, 0.1) is 4.91 Å². The van der Waals surface area contributed by atoms with Gasteiger partial charge in [-0.05, 0) is 18.9 Å². The molecule has 0 spiro atoms. The lowest BCUT2D eigenvalue weighted by atomic mass is 10.0. The Morgan fingerprint density at radius 3 is 2.47 bits per heavy atom. The van der Waals surface area contributed by atoms with E-state index in [2.05, 4.69) is 5.10 Å². The fraction of sp³-hybridized carbons (Fsp3) is 0.600. The van der Waals surface area contributed by atoms with Crippen LogP contribution < -0.4 is 4.54 Å². The fourth-order valence-electron chi connectivity index (χ4n) is 2.16. The molecule has 1 aliphatic carbocycles. The van der Waals surface area contributed by atoms with Crippen molar-refractivity contribution in [1.29, 1.82) is 0 Å². The third-order valence-electron chi connectivity index (χ3n) is 3.06. The molecule has 5 nitrogen and oxygen atoms in total. The highest BCUT2D eigenvalue weighted by molar-refractivity contribution is 7.91. The SMILES string of the molecule is O=[n+]1[nH]c(Cl)ccc1S(=O)(=O)C1CCCCC1. The minimum atomic E-state index is -3.55. The van der Waals surface area contributed by atoms with Crippen LogP contribution in [0.3, 0.4) is 0 Å². The monoisotopic (exact) mass is 277 g/mol. The lowest BCUT2D eigenvalue weighted by Crippen LogP contribution is -2.34. The molecular formula is C10H14ClN2O3S+. The van der Waals surface area contributed by atoms with Gasteiger partial charge in [-0.25, -0.2) is 8.42 Å². The third-order valence-corrected chi connectivity index (χ3v) is 5.51. The van der Waals surface area contributed by atoms with Gasteiger partial charge in [-0.2, -0.15) is 0 Å². The van der Waals surface area contributed by atoms with Crippen molar-refractivity contribution in [2.75, 3.05) is 0 Å². The number of nitrogens with one attached hydrogen (secondary N) is 1. The Hall–Kier alpha value is -0.880. The first-order valence-electron chi connectivity index (χ1n) is 5.57. The van der Waals surface area contributed by atoms with E-state index in [-0.39, 0.29) is 14.7 Å². The lowest BCUT2D eigenvalue weighted by molar-refractivity contribution is -0.605. The van der Waals surface area contributed by atoms with E-state index >= 15 is 0 Å². The van der Waals surface area contributed by atoms with Gasteiger partial charge < -0.3 is 0 Å². The molecule has 0 radical (unpaired) electrons. The molecule has 17 heavy (non-hydrogen) atoms. The zero-order chi connectivity index (χ0) is 12.5. The van der Waals surface area contributed by atoms with Crippen molar-refractivity contribution in [3.05, 3.63) is 22.2 Å². The van der Waals surface area contributed by atoms with Gasteiger partial charge >= 0.3 is 5.03 Å². The highest BCUT2D eigenvalue weighted by Gasteiger charge is 2.36. The quantitative estimate of drug-likeness (QED) is 0.836. The van der Waals surface area contributed by atoms with Gasteiger partial charge in [0.1, 0.15) is 0 Å². The molecule has 0 aliphatic heterocycles. The Labute approximate surface area is 104 Å². The van der Waals surface area contributed by atoms with Crippen LogP contribution in [0.5, 0.6) is 0 Å². The molecule has 1 aromatic rings. The van der Waals surface area contributed by atoms with Gasteiger partial charge in [-0.1, -0.05) is 30.9 Å². The van der Waals surface area contributed by atoms with E-state index in [1.807, 2.05) is 0 Å². The van der Waals surface area contributed by atoms with Crippen LogP contribution >= 0.6 is 11.6 Å². The van der Waals surface area contributed by atoms with Gasteiger partial charge in [-0.15, -0.1) is 5.10 Å². The van der Waals surface area contributed by atoms with Crippen LogP contribution in [0.15, 0.2) is 17.2 Å². The second-order valence-corrected chi connectivity index (χ2v) is 6.81. The molecule has 0 amide bonds. The largest absolute Gasteiger partial charge is 0.382 e. The smallest absolute Gasteiger partial charge is 0.217 e. The normalized spacial score (nSPS) is 18.2. The summed E-state index contributed by atoms with van der Waals surface area (Å²) in [7, 11) is -3.55. The average molecular weight is 278 g/mol. The Bertz CT molecular complexity index is 561. The summed E-state index contributed by atoms with van der Waals surface area (Å²) in [6, 6.07) is 2.64. The second-order valence-electron chi connectivity index (χ2n) is 4.23.